The molecule has 0 saturated heterocycles. The predicted molar refractivity (Wildman–Crippen MR) is 67.8 cm³/mol. The van der Waals surface area contributed by atoms with Crippen LogP contribution in [0, 0.1) is 0 Å². The SMILES string of the molecule is C=C/C=C(\C=C)OC1CCCCC1.CC. The van der Waals surface area contributed by atoms with Crippen molar-refractivity contribution in [2.45, 2.75) is 52.1 Å². The van der Waals surface area contributed by atoms with Gasteiger partial charge < -0.3 is 4.74 Å². The lowest BCUT2D eigenvalue weighted by atomic mass is 9.98. The van der Waals surface area contributed by atoms with Crippen LogP contribution in [-0.2, 0) is 4.74 Å². The van der Waals surface area contributed by atoms with Crippen molar-refractivity contribution in [3.05, 3.63) is 37.1 Å². The van der Waals surface area contributed by atoms with Gasteiger partial charge in [0.05, 0.1) is 6.10 Å². The van der Waals surface area contributed by atoms with Crippen molar-refractivity contribution in [1.29, 1.82) is 0 Å². The second-order valence-corrected chi connectivity index (χ2v) is 3.39. The maximum atomic E-state index is 5.75. The van der Waals surface area contributed by atoms with Crippen molar-refractivity contribution >= 4 is 0 Å². The number of allylic oxidation sites excluding steroid dienone is 3. The van der Waals surface area contributed by atoms with Gasteiger partial charge in [-0.1, -0.05) is 39.5 Å². The summed E-state index contributed by atoms with van der Waals surface area (Å²) in [6, 6.07) is 0. The van der Waals surface area contributed by atoms with Gasteiger partial charge in [-0.25, -0.2) is 0 Å². The third-order valence-electron chi connectivity index (χ3n) is 2.34. The average Bonchev–Trinajstić information content (AvgIpc) is 2.32. The van der Waals surface area contributed by atoms with Crippen molar-refractivity contribution in [3.8, 4) is 0 Å². The molecule has 0 aliphatic heterocycles. The van der Waals surface area contributed by atoms with Gasteiger partial charge in [-0.15, -0.1) is 0 Å². The quantitative estimate of drug-likeness (QED) is 0.484. The molecule has 0 aromatic rings. The summed E-state index contributed by atoms with van der Waals surface area (Å²) in [6.45, 7) is 11.3. The Balaban J connectivity index is 0.000000921. The number of hydrogen-bond acceptors (Lipinski definition) is 1. The largest absolute Gasteiger partial charge is 0.490 e. The van der Waals surface area contributed by atoms with Crippen LogP contribution in [0.2, 0.25) is 0 Å². The zero-order valence-electron chi connectivity index (χ0n) is 10.2. The van der Waals surface area contributed by atoms with Crippen LogP contribution in [-0.4, -0.2) is 6.10 Å². The molecule has 1 rings (SSSR count). The van der Waals surface area contributed by atoms with Gasteiger partial charge in [-0.2, -0.15) is 0 Å². The molecule has 1 nitrogen and oxygen atoms in total. The molecule has 0 N–H and O–H groups in total. The van der Waals surface area contributed by atoms with E-state index in [4.69, 9.17) is 4.74 Å². The molecular weight excluding hydrogens is 184 g/mol. The van der Waals surface area contributed by atoms with E-state index < -0.39 is 0 Å². The van der Waals surface area contributed by atoms with Crippen LogP contribution in [0.5, 0.6) is 0 Å². The smallest absolute Gasteiger partial charge is 0.119 e. The molecule has 0 spiro atoms. The molecule has 1 saturated carbocycles. The van der Waals surface area contributed by atoms with Gasteiger partial charge in [-0.05, 0) is 37.8 Å². The molecule has 0 unspecified atom stereocenters. The van der Waals surface area contributed by atoms with E-state index in [0.29, 0.717) is 6.10 Å². The Kier molecular flexibility index (Phi) is 8.95. The fourth-order valence-electron chi connectivity index (χ4n) is 1.65. The summed E-state index contributed by atoms with van der Waals surface area (Å²) in [4.78, 5) is 0. The van der Waals surface area contributed by atoms with Gasteiger partial charge >= 0.3 is 0 Å². The Bertz CT molecular complexity index is 197. The first kappa shape index (κ1) is 14.0. The third kappa shape index (κ3) is 6.16. The molecule has 1 heteroatoms. The Morgan fingerprint density at radius 1 is 1.13 bits per heavy atom. The maximum absolute atomic E-state index is 5.75. The molecular formula is C14H24O. The Morgan fingerprint density at radius 3 is 2.20 bits per heavy atom. The minimum atomic E-state index is 0.401. The summed E-state index contributed by atoms with van der Waals surface area (Å²) >= 11 is 0. The summed E-state index contributed by atoms with van der Waals surface area (Å²) in [5.74, 6) is 0.849. The van der Waals surface area contributed by atoms with Crippen molar-refractivity contribution in [2.75, 3.05) is 0 Å². The lowest BCUT2D eigenvalue weighted by Gasteiger charge is -2.23. The monoisotopic (exact) mass is 208 g/mol. The van der Waals surface area contributed by atoms with Crippen LogP contribution in [0.15, 0.2) is 37.1 Å². The summed E-state index contributed by atoms with van der Waals surface area (Å²) in [5, 5.41) is 0. The summed E-state index contributed by atoms with van der Waals surface area (Å²) in [7, 11) is 0. The third-order valence-corrected chi connectivity index (χ3v) is 2.34. The summed E-state index contributed by atoms with van der Waals surface area (Å²) < 4.78 is 5.75. The topological polar surface area (TPSA) is 9.23 Å². The summed E-state index contributed by atoms with van der Waals surface area (Å²) in [5.41, 5.74) is 0. The second-order valence-electron chi connectivity index (χ2n) is 3.39. The lowest BCUT2D eigenvalue weighted by Crippen LogP contribution is -2.15. The predicted octanol–water partition coefficient (Wildman–Crippen LogP) is 4.62. The first-order chi connectivity index (χ1) is 7.36. The van der Waals surface area contributed by atoms with Gasteiger partial charge in [0, 0.05) is 0 Å². The van der Waals surface area contributed by atoms with Gasteiger partial charge in [0.25, 0.3) is 0 Å². The van der Waals surface area contributed by atoms with Crippen LogP contribution >= 0.6 is 0 Å². The summed E-state index contributed by atoms with van der Waals surface area (Å²) in [6.07, 6.45) is 12.1. The number of hydrogen-bond donors (Lipinski definition) is 0. The van der Waals surface area contributed by atoms with Crippen LogP contribution in [0.25, 0.3) is 0 Å². The Hall–Kier alpha value is -0.980. The fourth-order valence-corrected chi connectivity index (χ4v) is 1.65. The normalized spacial score (nSPS) is 17.3. The molecule has 0 aromatic carbocycles. The minimum Gasteiger partial charge on any atom is -0.490 e. The first-order valence-corrected chi connectivity index (χ1v) is 5.98. The molecule has 1 fully saturated rings. The highest BCUT2D eigenvalue weighted by Crippen LogP contribution is 2.22. The van der Waals surface area contributed by atoms with E-state index in [2.05, 4.69) is 13.2 Å². The van der Waals surface area contributed by atoms with Crippen LogP contribution in [0.1, 0.15) is 46.0 Å². The van der Waals surface area contributed by atoms with Gasteiger partial charge in [0.2, 0.25) is 0 Å². The fraction of sp³-hybridized carbons (Fsp3) is 0.571. The van der Waals surface area contributed by atoms with Crippen molar-refractivity contribution in [2.24, 2.45) is 0 Å². The van der Waals surface area contributed by atoms with Gasteiger partial charge in [-0.3, -0.25) is 0 Å². The highest BCUT2D eigenvalue weighted by molar-refractivity contribution is 5.15. The maximum Gasteiger partial charge on any atom is 0.119 e. The van der Waals surface area contributed by atoms with Crippen LogP contribution in [0.4, 0.5) is 0 Å². The van der Waals surface area contributed by atoms with E-state index >= 15 is 0 Å². The molecule has 0 aromatic heterocycles. The zero-order valence-corrected chi connectivity index (χ0v) is 10.2. The minimum absolute atomic E-state index is 0.401. The van der Waals surface area contributed by atoms with Crippen LogP contribution in [0.3, 0.4) is 0 Å². The number of rotatable bonds is 4. The molecule has 15 heavy (non-hydrogen) atoms. The molecule has 86 valence electrons. The standard InChI is InChI=1S/C12H18O.C2H6/c1-3-8-11(4-2)13-12-9-6-5-7-10-12;1-2/h3-4,8,12H,1-2,5-7,9-10H2;1-2H3/b11-8+;. The highest BCUT2D eigenvalue weighted by atomic mass is 16.5. The highest BCUT2D eigenvalue weighted by Gasteiger charge is 2.14. The molecule has 0 amide bonds. The van der Waals surface area contributed by atoms with Crippen molar-refractivity contribution < 1.29 is 4.74 Å². The molecule has 1 aliphatic carbocycles. The molecule has 0 bridgehead atoms. The molecule has 1 aliphatic rings. The van der Waals surface area contributed by atoms with Crippen molar-refractivity contribution in [1.82, 2.24) is 0 Å². The van der Waals surface area contributed by atoms with E-state index in [9.17, 15) is 0 Å². The van der Waals surface area contributed by atoms with Crippen molar-refractivity contribution in [3.63, 3.8) is 0 Å². The molecule has 0 heterocycles. The first-order valence-electron chi connectivity index (χ1n) is 5.98. The Labute approximate surface area is 94.5 Å². The van der Waals surface area contributed by atoms with Gasteiger partial charge in [0.15, 0.2) is 0 Å². The van der Waals surface area contributed by atoms with E-state index in [1.807, 2.05) is 19.9 Å². The Morgan fingerprint density at radius 2 is 1.73 bits per heavy atom. The van der Waals surface area contributed by atoms with E-state index in [1.165, 1.54) is 32.1 Å². The molecule has 0 radical (unpaired) electrons. The lowest BCUT2D eigenvalue weighted by molar-refractivity contribution is 0.0902. The molecule has 0 atom stereocenters. The van der Waals surface area contributed by atoms with E-state index in [0.717, 1.165) is 5.76 Å². The second kappa shape index (κ2) is 9.57. The van der Waals surface area contributed by atoms with E-state index in [-0.39, 0.29) is 0 Å². The van der Waals surface area contributed by atoms with E-state index in [1.54, 1.807) is 12.2 Å². The zero-order chi connectivity index (χ0) is 11.5. The van der Waals surface area contributed by atoms with Gasteiger partial charge in [0.1, 0.15) is 5.76 Å². The average molecular weight is 208 g/mol. The van der Waals surface area contributed by atoms with Crippen LogP contribution < -0.4 is 0 Å². The number of ether oxygens (including phenoxy) is 1.